The van der Waals surface area contributed by atoms with Gasteiger partial charge in [-0.2, -0.15) is 0 Å². The lowest BCUT2D eigenvalue weighted by molar-refractivity contribution is -0.0336. The van der Waals surface area contributed by atoms with Gasteiger partial charge in [-0.3, -0.25) is 4.90 Å². The normalized spacial score (nSPS) is 34.3. The van der Waals surface area contributed by atoms with E-state index in [1.807, 2.05) is 12.1 Å². The lowest BCUT2D eigenvalue weighted by atomic mass is 9.74. The van der Waals surface area contributed by atoms with Crippen LogP contribution < -0.4 is 9.47 Å². The monoisotopic (exact) mass is 315 g/mol. The van der Waals surface area contributed by atoms with Gasteiger partial charge in [-0.05, 0) is 31.2 Å². The van der Waals surface area contributed by atoms with Crippen LogP contribution in [0.2, 0.25) is 0 Å². The van der Waals surface area contributed by atoms with E-state index in [1.54, 1.807) is 6.07 Å². The van der Waals surface area contributed by atoms with Gasteiger partial charge in [-0.15, -0.1) is 0 Å². The van der Waals surface area contributed by atoms with Crippen LogP contribution in [0.4, 0.5) is 0 Å². The summed E-state index contributed by atoms with van der Waals surface area (Å²) in [5.74, 6) is 0.741. The van der Waals surface area contributed by atoms with Gasteiger partial charge in [0.25, 0.3) is 0 Å². The van der Waals surface area contributed by atoms with Gasteiger partial charge >= 0.3 is 5.97 Å². The third-order valence-electron chi connectivity index (χ3n) is 5.39. The van der Waals surface area contributed by atoms with Crippen LogP contribution in [0.15, 0.2) is 23.8 Å². The molecule has 4 aliphatic rings. The highest BCUT2D eigenvalue weighted by Gasteiger charge is 2.50. The molecule has 3 aliphatic heterocycles. The molecule has 23 heavy (non-hydrogen) atoms. The standard InChI is InChI=1S/C17H17NO5/c1-18-3-2-8-4-11(19)16-14(15(8)18)9-5-12-13(22-7-21-12)6-10(9)17(20)23-16/h4-6,11,14-16,19H,2-3,7H2,1H3/t11-,14-,15+,16-/m0/s1. The molecule has 0 aromatic heterocycles. The SMILES string of the molecule is CN1CCC2=C[C@H](O)[C@@H]3OC(=O)c4cc5c(cc4[C@H]3[C@@H]21)OCO5. The third-order valence-corrected chi connectivity index (χ3v) is 5.39. The molecule has 6 heteroatoms. The minimum absolute atomic E-state index is 0.0836. The number of aliphatic hydroxyl groups excluding tert-OH is 1. The smallest absolute Gasteiger partial charge is 0.338 e. The Labute approximate surface area is 133 Å². The van der Waals surface area contributed by atoms with E-state index in [0.29, 0.717) is 17.1 Å². The summed E-state index contributed by atoms with van der Waals surface area (Å²) in [4.78, 5) is 14.7. The van der Waals surface area contributed by atoms with E-state index in [2.05, 4.69) is 11.9 Å². The van der Waals surface area contributed by atoms with Crippen LogP contribution in [0.1, 0.15) is 28.3 Å². The number of fused-ring (bicyclic) bond motifs is 6. The highest BCUT2D eigenvalue weighted by molar-refractivity contribution is 5.94. The van der Waals surface area contributed by atoms with Crippen LogP contribution >= 0.6 is 0 Å². The number of rotatable bonds is 0. The van der Waals surface area contributed by atoms with Crippen molar-refractivity contribution < 1.29 is 24.1 Å². The second-order valence-electron chi connectivity index (χ2n) is 6.60. The van der Waals surface area contributed by atoms with E-state index in [4.69, 9.17) is 14.2 Å². The van der Waals surface area contributed by atoms with Gasteiger partial charge in [0.2, 0.25) is 6.79 Å². The van der Waals surface area contributed by atoms with Crippen molar-refractivity contribution in [3.63, 3.8) is 0 Å². The molecule has 4 atom stereocenters. The number of nitrogens with zero attached hydrogens (tertiary/aromatic N) is 1. The second-order valence-corrected chi connectivity index (χ2v) is 6.60. The van der Waals surface area contributed by atoms with Gasteiger partial charge in [0.1, 0.15) is 12.2 Å². The van der Waals surface area contributed by atoms with Gasteiger partial charge in [0, 0.05) is 18.5 Å². The highest BCUT2D eigenvalue weighted by atomic mass is 16.7. The Hall–Kier alpha value is -2.05. The fourth-order valence-electron chi connectivity index (χ4n) is 4.36. The van der Waals surface area contributed by atoms with Gasteiger partial charge in [0.05, 0.1) is 5.56 Å². The molecule has 0 radical (unpaired) electrons. The lowest BCUT2D eigenvalue weighted by Gasteiger charge is -2.43. The van der Waals surface area contributed by atoms with Crippen molar-refractivity contribution in [2.24, 2.45) is 0 Å². The van der Waals surface area contributed by atoms with E-state index in [9.17, 15) is 9.90 Å². The predicted molar refractivity (Wildman–Crippen MR) is 79.6 cm³/mol. The Morgan fingerprint density at radius 2 is 2.04 bits per heavy atom. The molecule has 6 nitrogen and oxygen atoms in total. The fourth-order valence-corrected chi connectivity index (χ4v) is 4.36. The quantitative estimate of drug-likeness (QED) is 0.570. The Morgan fingerprint density at radius 3 is 2.87 bits per heavy atom. The summed E-state index contributed by atoms with van der Waals surface area (Å²) < 4.78 is 16.4. The number of benzene rings is 1. The van der Waals surface area contributed by atoms with Crippen LogP contribution in [0.5, 0.6) is 11.5 Å². The predicted octanol–water partition coefficient (Wildman–Crippen LogP) is 1.04. The molecule has 1 aliphatic carbocycles. The maximum absolute atomic E-state index is 12.4. The topological polar surface area (TPSA) is 68.2 Å². The molecule has 0 amide bonds. The number of carbonyl (C=O) groups excluding carboxylic acids is 1. The first-order chi connectivity index (χ1) is 11.1. The molecule has 1 aromatic rings. The largest absolute Gasteiger partial charge is 0.455 e. The van der Waals surface area contributed by atoms with E-state index in [0.717, 1.165) is 18.5 Å². The second kappa shape index (κ2) is 4.49. The summed E-state index contributed by atoms with van der Waals surface area (Å²) in [5.41, 5.74) is 2.63. The third kappa shape index (κ3) is 1.73. The minimum Gasteiger partial charge on any atom is -0.455 e. The van der Waals surface area contributed by atoms with Gasteiger partial charge in [-0.25, -0.2) is 4.79 Å². The number of esters is 1. The van der Waals surface area contributed by atoms with Crippen LogP contribution in [-0.2, 0) is 4.74 Å². The van der Waals surface area contributed by atoms with Crippen molar-refractivity contribution in [1.82, 2.24) is 4.90 Å². The number of hydrogen-bond acceptors (Lipinski definition) is 6. The van der Waals surface area contributed by atoms with Gasteiger partial charge in [0.15, 0.2) is 11.5 Å². The average molecular weight is 315 g/mol. The van der Waals surface area contributed by atoms with Crippen LogP contribution in [0.25, 0.3) is 0 Å². The molecule has 0 saturated carbocycles. The Kier molecular flexibility index (Phi) is 2.61. The molecule has 1 saturated heterocycles. The van der Waals surface area contributed by atoms with E-state index >= 15 is 0 Å². The molecule has 120 valence electrons. The molecule has 3 heterocycles. The zero-order valence-corrected chi connectivity index (χ0v) is 12.7. The summed E-state index contributed by atoms with van der Waals surface area (Å²) in [7, 11) is 2.07. The Morgan fingerprint density at radius 1 is 1.26 bits per heavy atom. The maximum atomic E-state index is 12.4. The number of aliphatic hydroxyl groups is 1. The lowest BCUT2D eigenvalue weighted by Crippen LogP contribution is -2.50. The number of hydrogen-bond donors (Lipinski definition) is 1. The molecular formula is C17H17NO5. The van der Waals surface area contributed by atoms with Crippen molar-refractivity contribution in [3.05, 3.63) is 34.9 Å². The first-order valence-corrected chi connectivity index (χ1v) is 7.87. The number of likely N-dealkylation sites (tertiary alicyclic amines) is 1. The van der Waals surface area contributed by atoms with Crippen molar-refractivity contribution in [3.8, 4) is 11.5 Å². The number of likely N-dealkylation sites (N-methyl/N-ethyl adjacent to an activating group) is 1. The van der Waals surface area contributed by atoms with E-state index in [-0.39, 0.29) is 18.8 Å². The zero-order chi connectivity index (χ0) is 15.7. The van der Waals surface area contributed by atoms with Gasteiger partial charge in [-0.1, -0.05) is 11.6 Å². The van der Waals surface area contributed by atoms with E-state index < -0.39 is 18.2 Å². The Balaban J connectivity index is 1.70. The average Bonchev–Trinajstić information content (AvgIpc) is 3.13. The molecule has 0 unspecified atom stereocenters. The minimum atomic E-state index is -0.764. The molecule has 1 N–H and O–H groups in total. The molecule has 0 bridgehead atoms. The van der Waals surface area contributed by atoms with Crippen LogP contribution in [0, 0.1) is 0 Å². The Bertz CT molecular complexity index is 743. The summed E-state index contributed by atoms with van der Waals surface area (Å²) in [5, 5.41) is 10.4. The summed E-state index contributed by atoms with van der Waals surface area (Å²) in [6.45, 7) is 1.11. The highest BCUT2D eigenvalue weighted by Crippen LogP contribution is 2.48. The molecular weight excluding hydrogens is 298 g/mol. The van der Waals surface area contributed by atoms with Crippen molar-refractivity contribution in [2.75, 3.05) is 20.4 Å². The number of carbonyl (C=O) groups is 1. The summed E-state index contributed by atoms with van der Waals surface area (Å²) in [6.07, 6.45) is 1.49. The first kappa shape index (κ1) is 13.4. The fraction of sp³-hybridized carbons (Fsp3) is 0.471. The molecule has 0 spiro atoms. The molecule has 1 fully saturated rings. The van der Waals surface area contributed by atoms with Crippen molar-refractivity contribution in [1.29, 1.82) is 0 Å². The number of ether oxygens (including phenoxy) is 3. The summed E-state index contributed by atoms with van der Waals surface area (Å²) in [6, 6.07) is 3.74. The van der Waals surface area contributed by atoms with Crippen molar-refractivity contribution >= 4 is 5.97 Å². The summed E-state index contributed by atoms with van der Waals surface area (Å²) >= 11 is 0. The maximum Gasteiger partial charge on any atom is 0.338 e. The zero-order valence-electron chi connectivity index (χ0n) is 12.7. The van der Waals surface area contributed by atoms with Gasteiger partial charge < -0.3 is 19.3 Å². The van der Waals surface area contributed by atoms with Crippen molar-refractivity contribution in [2.45, 2.75) is 30.6 Å². The van der Waals surface area contributed by atoms with Crippen LogP contribution in [-0.4, -0.2) is 54.6 Å². The van der Waals surface area contributed by atoms with Crippen LogP contribution in [0.3, 0.4) is 0 Å². The first-order valence-electron chi connectivity index (χ1n) is 7.87. The molecule has 5 rings (SSSR count). The van der Waals surface area contributed by atoms with E-state index in [1.165, 1.54) is 5.57 Å². The molecule has 1 aromatic carbocycles.